The molecule has 6 heteroatoms. The lowest BCUT2D eigenvalue weighted by Gasteiger charge is -2.27. The number of nitrogens with zero attached hydrogens (tertiary/aromatic N) is 1. The normalized spacial score (nSPS) is 19.0. The predicted octanol–water partition coefficient (Wildman–Crippen LogP) is 2.58. The number of urea groups is 1. The maximum Gasteiger partial charge on any atom is 0.317 e. The van der Waals surface area contributed by atoms with Gasteiger partial charge in [0.05, 0.1) is 25.3 Å². The summed E-state index contributed by atoms with van der Waals surface area (Å²) in [7, 11) is 1.67. The van der Waals surface area contributed by atoms with Crippen LogP contribution in [0.3, 0.4) is 0 Å². The molecule has 2 amide bonds. The van der Waals surface area contributed by atoms with Gasteiger partial charge in [-0.05, 0) is 31.9 Å². The Hall–Kier alpha value is -1.46. The van der Waals surface area contributed by atoms with Gasteiger partial charge in [-0.15, -0.1) is 0 Å². The maximum absolute atomic E-state index is 12.2. The number of aliphatic hydroxyl groups is 1. The molecule has 0 bridgehead atoms. The molecule has 0 saturated carbocycles. The van der Waals surface area contributed by atoms with Crippen LogP contribution in [-0.2, 0) is 0 Å². The summed E-state index contributed by atoms with van der Waals surface area (Å²) in [4.78, 5) is 13.7. The van der Waals surface area contributed by atoms with E-state index in [1.54, 1.807) is 26.1 Å². The van der Waals surface area contributed by atoms with Gasteiger partial charge in [0.1, 0.15) is 5.75 Å². The number of rotatable bonds is 3. The summed E-state index contributed by atoms with van der Waals surface area (Å²) < 4.78 is 5.68. The van der Waals surface area contributed by atoms with Crippen molar-refractivity contribution in [2.45, 2.75) is 31.8 Å². The molecule has 0 spiro atoms. The molecule has 0 fully saturated rings. The Balaban J connectivity index is 2.15. The minimum absolute atomic E-state index is 0.0656. The van der Waals surface area contributed by atoms with Gasteiger partial charge in [-0.25, -0.2) is 4.79 Å². The molecule has 1 aromatic rings. The van der Waals surface area contributed by atoms with E-state index in [9.17, 15) is 4.79 Å². The molecule has 2 atom stereocenters. The number of fused-ring (bicyclic) bond motifs is 1. The Kier molecular flexibility index (Phi) is 5.31. The van der Waals surface area contributed by atoms with Gasteiger partial charge in [0.2, 0.25) is 0 Å². The molecule has 1 heterocycles. The number of ether oxygens (including phenoxy) is 1. The smallest absolute Gasteiger partial charge is 0.317 e. The second kappa shape index (κ2) is 7.00. The number of amides is 2. The van der Waals surface area contributed by atoms with Crippen LogP contribution >= 0.6 is 11.6 Å². The first-order chi connectivity index (χ1) is 10.0. The van der Waals surface area contributed by atoms with Gasteiger partial charge >= 0.3 is 6.03 Å². The second-order valence-electron chi connectivity index (χ2n) is 5.32. The van der Waals surface area contributed by atoms with Crippen molar-refractivity contribution in [2.75, 3.05) is 20.3 Å². The number of benzene rings is 1. The third-order valence-corrected chi connectivity index (χ3v) is 4.02. The molecule has 1 aliphatic rings. The van der Waals surface area contributed by atoms with Crippen molar-refractivity contribution in [3.05, 3.63) is 28.8 Å². The minimum atomic E-state index is -0.225. The van der Waals surface area contributed by atoms with Crippen LogP contribution in [-0.4, -0.2) is 42.3 Å². The Labute approximate surface area is 129 Å². The highest BCUT2D eigenvalue weighted by Crippen LogP contribution is 2.33. The van der Waals surface area contributed by atoms with Crippen LogP contribution in [0.25, 0.3) is 0 Å². The Morgan fingerprint density at radius 2 is 2.38 bits per heavy atom. The highest BCUT2D eigenvalue weighted by Gasteiger charge is 2.24. The number of aliphatic hydroxyl groups excluding tert-OH is 1. The average Bonchev–Trinajstić information content (AvgIpc) is 2.67. The van der Waals surface area contributed by atoms with Crippen molar-refractivity contribution in [3.63, 3.8) is 0 Å². The third kappa shape index (κ3) is 3.80. The standard InChI is InChI=1S/C15H21ClN2O3/c1-10(9-19)18(2)15(20)17-13-4-3-7-21-14-8-11(16)5-6-12(13)14/h5-6,8,10,13,19H,3-4,7,9H2,1-2H3,(H,17,20). The second-order valence-corrected chi connectivity index (χ2v) is 5.75. The Morgan fingerprint density at radius 1 is 1.62 bits per heavy atom. The fourth-order valence-corrected chi connectivity index (χ4v) is 2.43. The van der Waals surface area contributed by atoms with Gasteiger partial charge in [0, 0.05) is 17.6 Å². The van der Waals surface area contributed by atoms with Crippen LogP contribution < -0.4 is 10.1 Å². The molecule has 116 valence electrons. The Morgan fingerprint density at radius 3 is 3.10 bits per heavy atom. The molecule has 0 radical (unpaired) electrons. The van der Waals surface area contributed by atoms with Gasteiger partial charge in [0.15, 0.2) is 0 Å². The van der Waals surface area contributed by atoms with Crippen molar-refractivity contribution < 1.29 is 14.6 Å². The van der Waals surface area contributed by atoms with Gasteiger partial charge < -0.3 is 20.1 Å². The zero-order chi connectivity index (χ0) is 15.4. The zero-order valence-corrected chi connectivity index (χ0v) is 13.1. The van der Waals surface area contributed by atoms with Crippen molar-refractivity contribution in [3.8, 4) is 5.75 Å². The summed E-state index contributed by atoms with van der Waals surface area (Å²) >= 11 is 5.99. The summed E-state index contributed by atoms with van der Waals surface area (Å²) in [6.45, 7) is 2.34. The van der Waals surface area contributed by atoms with Crippen LogP contribution in [0.1, 0.15) is 31.4 Å². The molecule has 0 saturated heterocycles. The molecule has 0 aromatic heterocycles. The van der Waals surface area contributed by atoms with E-state index in [-0.39, 0.29) is 24.7 Å². The summed E-state index contributed by atoms with van der Waals surface area (Å²) in [5.74, 6) is 0.725. The third-order valence-electron chi connectivity index (χ3n) is 3.79. The van der Waals surface area contributed by atoms with E-state index >= 15 is 0 Å². The molecule has 1 aromatic carbocycles. The molecule has 2 N–H and O–H groups in total. The number of nitrogens with one attached hydrogen (secondary N) is 1. The first-order valence-corrected chi connectivity index (χ1v) is 7.47. The fourth-order valence-electron chi connectivity index (χ4n) is 2.27. The van der Waals surface area contributed by atoms with Gasteiger partial charge in [-0.3, -0.25) is 0 Å². The van der Waals surface area contributed by atoms with Crippen molar-refractivity contribution in [1.82, 2.24) is 10.2 Å². The van der Waals surface area contributed by atoms with Crippen molar-refractivity contribution >= 4 is 17.6 Å². The average molecular weight is 313 g/mol. The van der Waals surface area contributed by atoms with E-state index in [1.807, 2.05) is 6.07 Å². The highest BCUT2D eigenvalue weighted by atomic mass is 35.5. The monoisotopic (exact) mass is 312 g/mol. The van der Waals surface area contributed by atoms with Gasteiger partial charge in [0.25, 0.3) is 0 Å². The van der Waals surface area contributed by atoms with Crippen molar-refractivity contribution in [1.29, 1.82) is 0 Å². The highest BCUT2D eigenvalue weighted by molar-refractivity contribution is 6.30. The molecule has 5 nitrogen and oxygen atoms in total. The molecule has 1 aliphatic heterocycles. The lowest BCUT2D eigenvalue weighted by atomic mass is 10.0. The maximum atomic E-state index is 12.2. The molecular formula is C15H21ClN2O3. The summed E-state index contributed by atoms with van der Waals surface area (Å²) in [5.41, 5.74) is 0.940. The van der Waals surface area contributed by atoms with Crippen LogP contribution in [0, 0.1) is 0 Å². The summed E-state index contributed by atoms with van der Waals surface area (Å²) in [6, 6.07) is 4.93. The number of hydrogen-bond acceptors (Lipinski definition) is 3. The van der Waals surface area contributed by atoms with Crippen molar-refractivity contribution in [2.24, 2.45) is 0 Å². The Bertz CT molecular complexity index is 510. The minimum Gasteiger partial charge on any atom is -0.493 e. The number of carbonyl (C=O) groups excluding carboxylic acids is 1. The molecule has 0 aliphatic carbocycles. The van der Waals surface area contributed by atoms with Crippen LogP contribution in [0.2, 0.25) is 5.02 Å². The first-order valence-electron chi connectivity index (χ1n) is 7.09. The molecule has 2 unspecified atom stereocenters. The number of likely N-dealkylation sites (N-methyl/N-ethyl adjacent to an activating group) is 1. The van der Waals surface area contributed by atoms with E-state index < -0.39 is 0 Å². The molecule has 21 heavy (non-hydrogen) atoms. The predicted molar refractivity (Wildman–Crippen MR) is 81.8 cm³/mol. The lowest BCUT2D eigenvalue weighted by molar-refractivity contribution is 0.154. The van der Waals surface area contributed by atoms with Gasteiger partial charge in [-0.2, -0.15) is 0 Å². The van der Waals surface area contributed by atoms with Crippen LogP contribution in [0.15, 0.2) is 18.2 Å². The van der Waals surface area contributed by atoms with Gasteiger partial charge in [-0.1, -0.05) is 17.7 Å². The number of hydrogen-bond donors (Lipinski definition) is 2. The zero-order valence-electron chi connectivity index (χ0n) is 12.3. The van der Waals surface area contributed by atoms with E-state index in [0.29, 0.717) is 11.6 Å². The number of halogens is 1. The SMILES string of the molecule is CC(CO)N(C)C(=O)NC1CCCOc2cc(Cl)ccc21. The summed E-state index contributed by atoms with van der Waals surface area (Å²) in [6.07, 6.45) is 1.66. The van der Waals surface area contributed by atoms with E-state index in [4.69, 9.17) is 21.4 Å². The van der Waals surface area contributed by atoms with E-state index in [0.717, 1.165) is 24.2 Å². The lowest BCUT2D eigenvalue weighted by Crippen LogP contribution is -2.45. The largest absolute Gasteiger partial charge is 0.493 e. The molecular weight excluding hydrogens is 292 g/mol. The number of carbonyl (C=O) groups is 1. The van der Waals surface area contributed by atoms with E-state index in [2.05, 4.69) is 5.32 Å². The topological polar surface area (TPSA) is 61.8 Å². The summed E-state index contributed by atoms with van der Waals surface area (Å²) in [5, 5.41) is 12.8. The van der Waals surface area contributed by atoms with Crippen LogP contribution in [0.5, 0.6) is 5.75 Å². The molecule has 2 rings (SSSR count). The van der Waals surface area contributed by atoms with Crippen LogP contribution in [0.4, 0.5) is 4.79 Å². The fraction of sp³-hybridized carbons (Fsp3) is 0.533. The van der Waals surface area contributed by atoms with E-state index in [1.165, 1.54) is 4.90 Å². The quantitative estimate of drug-likeness (QED) is 0.901. The first kappa shape index (κ1) is 15.9.